The van der Waals surface area contributed by atoms with E-state index >= 15 is 0 Å². The van der Waals surface area contributed by atoms with Gasteiger partial charge in [-0.25, -0.2) is 0 Å². The van der Waals surface area contributed by atoms with Crippen molar-refractivity contribution in [3.63, 3.8) is 0 Å². The molecule has 2 heterocycles. The molecule has 80 valence electrons. The molecule has 1 aromatic heterocycles. The van der Waals surface area contributed by atoms with Gasteiger partial charge in [0.2, 0.25) is 5.91 Å². The largest absolute Gasteiger partial charge is 0.481 e. The van der Waals surface area contributed by atoms with E-state index in [1.54, 1.807) is 13.1 Å². The van der Waals surface area contributed by atoms with Gasteiger partial charge >= 0.3 is 5.97 Å². The maximum atomic E-state index is 11.6. The Morgan fingerprint density at radius 1 is 1.73 bits per heavy atom. The van der Waals surface area contributed by atoms with Crippen LogP contribution in [-0.2, 0) is 9.59 Å². The van der Waals surface area contributed by atoms with E-state index < -0.39 is 11.9 Å². The average Bonchev–Trinajstić information content (AvgIpc) is 2.73. The molecular formula is C9H11N3O3. The van der Waals surface area contributed by atoms with Gasteiger partial charge in [0.05, 0.1) is 17.8 Å². The highest BCUT2D eigenvalue weighted by atomic mass is 16.4. The lowest BCUT2D eigenvalue weighted by molar-refractivity contribution is -0.142. The van der Waals surface area contributed by atoms with Crippen molar-refractivity contribution in [1.29, 1.82) is 0 Å². The van der Waals surface area contributed by atoms with E-state index in [1.165, 1.54) is 11.1 Å². The number of carboxylic acids is 1. The van der Waals surface area contributed by atoms with Crippen LogP contribution in [0.5, 0.6) is 0 Å². The zero-order valence-corrected chi connectivity index (χ0v) is 8.17. The number of nitrogens with one attached hydrogen (secondary N) is 1. The van der Waals surface area contributed by atoms with E-state index in [9.17, 15) is 9.59 Å². The number of carbonyl (C=O) groups excluding carboxylic acids is 1. The lowest BCUT2D eigenvalue weighted by Crippen LogP contribution is -2.34. The Hall–Kier alpha value is -1.85. The quantitative estimate of drug-likeness (QED) is 0.730. The molecule has 1 saturated heterocycles. The number of H-pyrrole nitrogens is 1. The van der Waals surface area contributed by atoms with Crippen molar-refractivity contribution in [3.05, 3.63) is 12.4 Å². The summed E-state index contributed by atoms with van der Waals surface area (Å²) in [5.74, 6) is -1.73. The Labute approximate surface area is 85.9 Å². The molecule has 1 fully saturated rings. The van der Waals surface area contributed by atoms with Gasteiger partial charge in [0.25, 0.3) is 0 Å². The molecule has 0 bridgehead atoms. The van der Waals surface area contributed by atoms with Crippen LogP contribution in [0.3, 0.4) is 0 Å². The molecule has 2 atom stereocenters. The Morgan fingerprint density at radius 3 is 2.93 bits per heavy atom. The minimum absolute atomic E-state index is 0.0572. The molecule has 0 aromatic carbocycles. The van der Waals surface area contributed by atoms with Crippen molar-refractivity contribution in [1.82, 2.24) is 10.2 Å². The van der Waals surface area contributed by atoms with Gasteiger partial charge in [0.1, 0.15) is 0 Å². The average molecular weight is 209 g/mol. The zero-order valence-electron chi connectivity index (χ0n) is 8.17. The SMILES string of the molecule is C[C@@H]1[C@@H](C(=O)O)CC(=O)N1c1cn[nH]c1. The van der Waals surface area contributed by atoms with Crippen molar-refractivity contribution in [2.24, 2.45) is 5.92 Å². The van der Waals surface area contributed by atoms with Gasteiger partial charge in [0, 0.05) is 18.7 Å². The molecule has 1 amide bonds. The third-order valence-electron chi connectivity index (χ3n) is 2.73. The first kappa shape index (κ1) is 9.70. The summed E-state index contributed by atoms with van der Waals surface area (Å²) in [6, 6.07) is -0.326. The molecule has 1 aliphatic heterocycles. The van der Waals surface area contributed by atoms with Crippen LogP contribution in [0.2, 0.25) is 0 Å². The van der Waals surface area contributed by atoms with Gasteiger partial charge in [-0.3, -0.25) is 14.7 Å². The van der Waals surface area contributed by atoms with Crippen LogP contribution in [0.25, 0.3) is 0 Å². The highest BCUT2D eigenvalue weighted by Gasteiger charge is 2.42. The van der Waals surface area contributed by atoms with Crippen molar-refractivity contribution in [2.75, 3.05) is 4.90 Å². The Bertz CT molecular complexity index is 387. The van der Waals surface area contributed by atoms with E-state index in [4.69, 9.17) is 5.11 Å². The number of nitrogens with zero attached hydrogens (tertiary/aromatic N) is 2. The van der Waals surface area contributed by atoms with Crippen LogP contribution in [0.15, 0.2) is 12.4 Å². The monoisotopic (exact) mass is 209 g/mol. The van der Waals surface area contributed by atoms with E-state index in [0.717, 1.165) is 0 Å². The Balaban J connectivity index is 2.28. The lowest BCUT2D eigenvalue weighted by atomic mass is 10.0. The molecule has 2 N–H and O–H groups in total. The van der Waals surface area contributed by atoms with Gasteiger partial charge in [-0.15, -0.1) is 0 Å². The Morgan fingerprint density at radius 2 is 2.47 bits per heavy atom. The second-order valence-corrected chi connectivity index (χ2v) is 3.61. The fourth-order valence-electron chi connectivity index (χ4n) is 1.91. The number of carbonyl (C=O) groups is 2. The number of rotatable bonds is 2. The van der Waals surface area contributed by atoms with E-state index in [2.05, 4.69) is 10.2 Å². The fourth-order valence-corrected chi connectivity index (χ4v) is 1.91. The van der Waals surface area contributed by atoms with Crippen LogP contribution in [0, 0.1) is 5.92 Å². The molecule has 1 aromatic rings. The van der Waals surface area contributed by atoms with E-state index in [0.29, 0.717) is 5.69 Å². The van der Waals surface area contributed by atoms with Crippen molar-refractivity contribution in [3.8, 4) is 0 Å². The molecule has 0 saturated carbocycles. The molecular weight excluding hydrogens is 198 g/mol. The molecule has 6 nitrogen and oxygen atoms in total. The number of hydrogen-bond donors (Lipinski definition) is 2. The minimum atomic E-state index is -0.929. The molecule has 0 aliphatic carbocycles. The predicted molar refractivity (Wildman–Crippen MR) is 51.3 cm³/mol. The zero-order chi connectivity index (χ0) is 11.0. The molecule has 0 unspecified atom stereocenters. The summed E-state index contributed by atoms with van der Waals surface area (Å²) in [6.45, 7) is 1.73. The first-order chi connectivity index (χ1) is 7.11. The standard InChI is InChI=1S/C9H11N3O3/c1-5-7(9(14)15)2-8(13)12(5)6-3-10-11-4-6/h3-5,7H,2H2,1H3,(H,10,11)(H,14,15)/t5-,7+/m1/s1. The smallest absolute Gasteiger partial charge is 0.309 e. The summed E-state index contributed by atoms with van der Waals surface area (Å²) in [5.41, 5.74) is 0.622. The Kier molecular flexibility index (Phi) is 2.18. The third kappa shape index (κ3) is 1.47. The van der Waals surface area contributed by atoms with Gasteiger partial charge in [-0.2, -0.15) is 5.10 Å². The van der Waals surface area contributed by atoms with Gasteiger partial charge in [0.15, 0.2) is 0 Å². The number of aromatic amines is 1. The van der Waals surface area contributed by atoms with Crippen LogP contribution in [-0.4, -0.2) is 33.2 Å². The van der Waals surface area contributed by atoms with E-state index in [-0.39, 0.29) is 18.4 Å². The maximum Gasteiger partial charge on any atom is 0.309 e. The number of anilines is 1. The van der Waals surface area contributed by atoms with Crippen LogP contribution < -0.4 is 4.90 Å². The fraction of sp³-hybridized carbons (Fsp3) is 0.444. The number of aliphatic carboxylic acids is 1. The second kappa shape index (κ2) is 3.38. The predicted octanol–water partition coefficient (Wildman–Crippen LogP) is 0.236. The highest BCUT2D eigenvalue weighted by Crippen LogP contribution is 2.30. The highest BCUT2D eigenvalue weighted by molar-refractivity contribution is 5.99. The van der Waals surface area contributed by atoms with Gasteiger partial charge < -0.3 is 10.0 Å². The first-order valence-electron chi connectivity index (χ1n) is 4.65. The van der Waals surface area contributed by atoms with Crippen LogP contribution in [0.1, 0.15) is 13.3 Å². The second-order valence-electron chi connectivity index (χ2n) is 3.61. The number of amides is 1. The van der Waals surface area contributed by atoms with Gasteiger partial charge in [-0.05, 0) is 6.92 Å². The van der Waals surface area contributed by atoms with Crippen LogP contribution in [0.4, 0.5) is 5.69 Å². The lowest BCUT2D eigenvalue weighted by Gasteiger charge is -2.21. The molecule has 6 heteroatoms. The van der Waals surface area contributed by atoms with Crippen LogP contribution >= 0.6 is 0 Å². The molecule has 2 rings (SSSR count). The summed E-state index contributed by atoms with van der Waals surface area (Å²) in [6.07, 6.45) is 3.15. The minimum Gasteiger partial charge on any atom is -0.481 e. The van der Waals surface area contributed by atoms with Crippen molar-refractivity contribution in [2.45, 2.75) is 19.4 Å². The van der Waals surface area contributed by atoms with Gasteiger partial charge in [-0.1, -0.05) is 0 Å². The summed E-state index contributed by atoms with van der Waals surface area (Å²) < 4.78 is 0. The summed E-state index contributed by atoms with van der Waals surface area (Å²) in [4.78, 5) is 24.0. The molecule has 0 spiro atoms. The number of carboxylic acid groups (broad SMARTS) is 1. The third-order valence-corrected chi connectivity index (χ3v) is 2.73. The summed E-state index contributed by atoms with van der Waals surface area (Å²) >= 11 is 0. The number of hydrogen-bond acceptors (Lipinski definition) is 3. The topological polar surface area (TPSA) is 86.3 Å². The molecule has 1 aliphatic rings. The maximum absolute atomic E-state index is 11.6. The van der Waals surface area contributed by atoms with Crippen molar-refractivity contribution < 1.29 is 14.7 Å². The summed E-state index contributed by atoms with van der Waals surface area (Å²) in [5, 5.41) is 15.3. The number of aromatic nitrogens is 2. The van der Waals surface area contributed by atoms with E-state index in [1.807, 2.05) is 0 Å². The normalized spacial score (nSPS) is 25.9. The molecule has 0 radical (unpaired) electrons. The van der Waals surface area contributed by atoms with Crippen molar-refractivity contribution >= 4 is 17.6 Å². The summed E-state index contributed by atoms with van der Waals surface area (Å²) in [7, 11) is 0. The molecule has 15 heavy (non-hydrogen) atoms. The first-order valence-corrected chi connectivity index (χ1v) is 4.65.